The second-order valence-electron chi connectivity index (χ2n) is 3.97. The quantitative estimate of drug-likeness (QED) is 0.620. The first-order valence-electron chi connectivity index (χ1n) is 5.38. The van der Waals surface area contributed by atoms with E-state index in [1.165, 1.54) is 4.90 Å². The van der Waals surface area contributed by atoms with Gasteiger partial charge in [-0.05, 0) is 0 Å². The van der Waals surface area contributed by atoms with Crippen LogP contribution in [0.25, 0.3) is 0 Å². The van der Waals surface area contributed by atoms with E-state index in [2.05, 4.69) is 10.6 Å². The fourth-order valence-corrected chi connectivity index (χ4v) is 1.36. The van der Waals surface area contributed by atoms with Crippen molar-refractivity contribution in [3.8, 4) is 0 Å². The van der Waals surface area contributed by atoms with E-state index in [1.54, 1.807) is 14.1 Å². The molecule has 0 aromatic rings. The highest BCUT2D eigenvalue weighted by molar-refractivity contribution is 5.84. The number of nitrogens with zero attached hydrogens (tertiary/aromatic N) is 1. The standard InChI is InChI=1S/C10H19N3O3/c1-13(2)10(15)7-12-9(14)5-8-6-11-3-4-16-8/h8,11H,3-7H2,1-2H3,(H,12,14). The molecule has 92 valence electrons. The molecule has 0 spiro atoms. The van der Waals surface area contributed by atoms with E-state index in [1.807, 2.05) is 0 Å². The summed E-state index contributed by atoms with van der Waals surface area (Å²) >= 11 is 0. The Labute approximate surface area is 95.3 Å². The van der Waals surface area contributed by atoms with Crippen molar-refractivity contribution in [1.29, 1.82) is 0 Å². The predicted molar refractivity (Wildman–Crippen MR) is 58.9 cm³/mol. The molecule has 6 heteroatoms. The van der Waals surface area contributed by atoms with E-state index >= 15 is 0 Å². The molecule has 0 radical (unpaired) electrons. The molecule has 1 heterocycles. The number of ether oxygens (including phenoxy) is 1. The zero-order chi connectivity index (χ0) is 12.0. The number of nitrogens with one attached hydrogen (secondary N) is 2. The summed E-state index contributed by atoms with van der Waals surface area (Å²) in [6, 6.07) is 0. The number of likely N-dealkylation sites (N-methyl/N-ethyl adjacent to an activating group) is 1. The van der Waals surface area contributed by atoms with Gasteiger partial charge in [0.25, 0.3) is 0 Å². The normalized spacial score (nSPS) is 20.2. The summed E-state index contributed by atoms with van der Waals surface area (Å²) in [6.45, 7) is 2.20. The van der Waals surface area contributed by atoms with E-state index in [-0.39, 0.29) is 24.5 Å². The van der Waals surface area contributed by atoms with Gasteiger partial charge in [-0.25, -0.2) is 0 Å². The summed E-state index contributed by atoms with van der Waals surface area (Å²) in [5, 5.41) is 5.72. The summed E-state index contributed by atoms with van der Waals surface area (Å²) in [5.41, 5.74) is 0. The second kappa shape index (κ2) is 6.44. The number of morpholine rings is 1. The van der Waals surface area contributed by atoms with Gasteiger partial charge in [-0.2, -0.15) is 0 Å². The van der Waals surface area contributed by atoms with Gasteiger partial charge in [0.2, 0.25) is 11.8 Å². The van der Waals surface area contributed by atoms with Crippen molar-refractivity contribution in [3.05, 3.63) is 0 Å². The lowest BCUT2D eigenvalue weighted by molar-refractivity contribution is -0.132. The third-order valence-electron chi connectivity index (χ3n) is 2.35. The molecule has 0 aromatic heterocycles. The summed E-state index contributed by atoms with van der Waals surface area (Å²) in [4.78, 5) is 24.1. The van der Waals surface area contributed by atoms with Gasteiger partial charge in [-0.15, -0.1) is 0 Å². The first-order chi connectivity index (χ1) is 7.59. The van der Waals surface area contributed by atoms with Gasteiger partial charge in [0, 0.05) is 27.2 Å². The Kier molecular flexibility index (Phi) is 5.21. The Bertz CT molecular complexity index is 250. The fraction of sp³-hybridized carbons (Fsp3) is 0.800. The molecule has 1 aliphatic rings. The van der Waals surface area contributed by atoms with Crippen molar-refractivity contribution in [2.45, 2.75) is 12.5 Å². The van der Waals surface area contributed by atoms with Crippen LogP contribution in [0, 0.1) is 0 Å². The van der Waals surface area contributed by atoms with Crippen LogP contribution in [0.5, 0.6) is 0 Å². The molecule has 1 saturated heterocycles. The third-order valence-corrected chi connectivity index (χ3v) is 2.35. The zero-order valence-corrected chi connectivity index (χ0v) is 9.78. The molecule has 1 unspecified atom stereocenters. The maximum absolute atomic E-state index is 11.4. The predicted octanol–water partition coefficient (Wildman–Crippen LogP) is -1.43. The molecule has 2 N–H and O–H groups in total. The van der Waals surface area contributed by atoms with Crippen molar-refractivity contribution < 1.29 is 14.3 Å². The van der Waals surface area contributed by atoms with Gasteiger partial charge < -0.3 is 20.3 Å². The molecule has 0 bridgehead atoms. The third kappa shape index (κ3) is 4.59. The highest BCUT2D eigenvalue weighted by Gasteiger charge is 2.17. The first-order valence-corrected chi connectivity index (χ1v) is 5.38. The van der Waals surface area contributed by atoms with E-state index in [0.29, 0.717) is 19.6 Å². The molecule has 2 amide bonds. The van der Waals surface area contributed by atoms with Gasteiger partial charge in [0.05, 0.1) is 25.7 Å². The van der Waals surface area contributed by atoms with Crippen LogP contribution in [-0.2, 0) is 14.3 Å². The first kappa shape index (κ1) is 12.9. The van der Waals surface area contributed by atoms with Gasteiger partial charge >= 0.3 is 0 Å². The molecule has 1 rings (SSSR count). The number of hydrogen-bond acceptors (Lipinski definition) is 4. The average molecular weight is 229 g/mol. The highest BCUT2D eigenvalue weighted by Crippen LogP contribution is 2.00. The van der Waals surface area contributed by atoms with Crippen LogP contribution in [0.3, 0.4) is 0 Å². The number of hydrogen-bond donors (Lipinski definition) is 2. The largest absolute Gasteiger partial charge is 0.375 e. The van der Waals surface area contributed by atoms with Gasteiger partial charge in [-0.3, -0.25) is 9.59 Å². The van der Waals surface area contributed by atoms with Crippen LogP contribution in [0.2, 0.25) is 0 Å². The summed E-state index contributed by atoms with van der Waals surface area (Å²) in [6.07, 6.45) is 0.219. The lowest BCUT2D eigenvalue weighted by Gasteiger charge is -2.23. The maximum atomic E-state index is 11.4. The van der Waals surface area contributed by atoms with E-state index in [0.717, 1.165) is 6.54 Å². The van der Waals surface area contributed by atoms with Crippen molar-refractivity contribution in [2.75, 3.05) is 40.3 Å². The van der Waals surface area contributed by atoms with Crippen molar-refractivity contribution in [3.63, 3.8) is 0 Å². The maximum Gasteiger partial charge on any atom is 0.241 e. The zero-order valence-electron chi connectivity index (χ0n) is 9.78. The van der Waals surface area contributed by atoms with Crippen LogP contribution in [0.4, 0.5) is 0 Å². The summed E-state index contributed by atoms with van der Waals surface area (Å²) < 4.78 is 5.38. The number of carbonyl (C=O) groups is 2. The second-order valence-corrected chi connectivity index (χ2v) is 3.97. The van der Waals surface area contributed by atoms with Gasteiger partial charge in [-0.1, -0.05) is 0 Å². The topological polar surface area (TPSA) is 70.7 Å². The van der Waals surface area contributed by atoms with Crippen LogP contribution in [0.1, 0.15) is 6.42 Å². The minimum absolute atomic E-state index is 0.0476. The Hall–Kier alpha value is -1.14. The Balaban J connectivity index is 2.17. The Morgan fingerprint density at radius 2 is 2.25 bits per heavy atom. The van der Waals surface area contributed by atoms with Gasteiger partial charge in [0.1, 0.15) is 0 Å². The van der Waals surface area contributed by atoms with Crippen molar-refractivity contribution in [2.24, 2.45) is 0 Å². The van der Waals surface area contributed by atoms with E-state index in [4.69, 9.17) is 4.74 Å². The van der Waals surface area contributed by atoms with Gasteiger partial charge in [0.15, 0.2) is 0 Å². The number of rotatable bonds is 4. The number of amides is 2. The van der Waals surface area contributed by atoms with Crippen LogP contribution in [0.15, 0.2) is 0 Å². The molecule has 0 aliphatic carbocycles. The minimum Gasteiger partial charge on any atom is -0.375 e. The molecule has 1 aliphatic heterocycles. The average Bonchev–Trinajstić information content (AvgIpc) is 2.27. The highest BCUT2D eigenvalue weighted by atomic mass is 16.5. The molecule has 6 nitrogen and oxygen atoms in total. The summed E-state index contributed by atoms with van der Waals surface area (Å²) in [7, 11) is 3.31. The molecular weight excluding hydrogens is 210 g/mol. The molecule has 1 fully saturated rings. The fourth-order valence-electron chi connectivity index (χ4n) is 1.36. The van der Waals surface area contributed by atoms with Crippen LogP contribution >= 0.6 is 0 Å². The van der Waals surface area contributed by atoms with Crippen LogP contribution < -0.4 is 10.6 Å². The monoisotopic (exact) mass is 229 g/mol. The Morgan fingerprint density at radius 3 is 2.81 bits per heavy atom. The summed E-state index contributed by atoms with van der Waals surface area (Å²) in [5.74, 6) is -0.264. The lowest BCUT2D eigenvalue weighted by Crippen LogP contribution is -2.43. The van der Waals surface area contributed by atoms with Crippen molar-refractivity contribution >= 4 is 11.8 Å². The SMILES string of the molecule is CN(C)C(=O)CNC(=O)CC1CNCCO1. The van der Waals surface area contributed by atoms with E-state index in [9.17, 15) is 9.59 Å². The van der Waals surface area contributed by atoms with Crippen molar-refractivity contribution in [1.82, 2.24) is 15.5 Å². The lowest BCUT2D eigenvalue weighted by atomic mass is 10.2. The minimum atomic E-state index is -0.149. The number of carbonyl (C=O) groups excluding carboxylic acids is 2. The van der Waals surface area contributed by atoms with Crippen LogP contribution in [-0.4, -0.2) is 63.2 Å². The smallest absolute Gasteiger partial charge is 0.241 e. The molecule has 1 atom stereocenters. The molecule has 16 heavy (non-hydrogen) atoms. The molecular formula is C10H19N3O3. The Morgan fingerprint density at radius 1 is 1.50 bits per heavy atom. The van der Waals surface area contributed by atoms with E-state index < -0.39 is 0 Å². The molecule has 0 saturated carbocycles. The molecule has 0 aromatic carbocycles.